The zero-order valence-electron chi connectivity index (χ0n) is 10.5. The average molecular weight is 239 g/mol. The standard InChI is InChI=1S/C14H22FNO/c1-2-3-4-5-8-17-11-13-9-14(15)7-6-12(13)10-16/h6-7,9H,2-5,8,10-11,16H2,1H3. The third-order valence-electron chi connectivity index (χ3n) is 2.79. The molecule has 0 saturated carbocycles. The van der Waals surface area contributed by atoms with E-state index in [9.17, 15) is 4.39 Å². The van der Waals surface area contributed by atoms with Crippen LogP contribution in [0, 0.1) is 5.82 Å². The van der Waals surface area contributed by atoms with Gasteiger partial charge in [-0.25, -0.2) is 4.39 Å². The first-order chi connectivity index (χ1) is 8.27. The molecule has 2 nitrogen and oxygen atoms in total. The van der Waals surface area contributed by atoms with Crippen LogP contribution in [0.1, 0.15) is 43.7 Å². The lowest BCUT2D eigenvalue weighted by molar-refractivity contribution is 0.116. The summed E-state index contributed by atoms with van der Waals surface area (Å²) in [5, 5.41) is 0. The number of unbranched alkanes of at least 4 members (excludes halogenated alkanes) is 3. The van der Waals surface area contributed by atoms with Gasteiger partial charge in [-0.2, -0.15) is 0 Å². The number of nitrogens with two attached hydrogens (primary N) is 1. The van der Waals surface area contributed by atoms with Gasteiger partial charge in [0.25, 0.3) is 0 Å². The number of benzene rings is 1. The van der Waals surface area contributed by atoms with E-state index >= 15 is 0 Å². The van der Waals surface area contributed by atoms with Crippen LogP contribution in [-0.4, -0.2) is 6.61 Å². The van der Waals surface area contributed by atoms with Gasteiger partial charge in [0.15, 0.2) is 0 Å². The molecule has 0 aromatic heterocycles. The van der Waals surface area contributed by atoms with Crippen LogP contribution in [0.15, 0.2) is 18.2 Å². The molecule has 0 saturated heterocycles. The Hall–Kier alpha value is -0.930. The quantitative estimate of drug-likeness (QED) is 0.706. The normalized spacial score (nSPS) is 10.8. The Kier molecular flexibility index (Phi) is 6.82. The highest BCUT2D eigenvalue weighted by atomic mass is 19.1. The van der Waals surface area contributed by atoms with E-state index in [1.807, 2.05) is 0 Å². The van der Waals surface area contributed by atoms with Crippen molar-refractivity contribution in [3.8, 4) is 0 Å². The van der Waals surface area contributed by atoms with Crippen molar-refractivity contribution in [3.05, 3.63) is 35.1 Å². The number of hydrogen-bond acceptors (Lipinski definition) is 2. The van der Waals surface area contributed by atoms with Crippen molar-refractivity contribution in [1.82, 2.24) is 0 Å². The summed E-state index contributed by atoms with van der Waals surface area (Å²) in [5.41, 5.74) is 7.41. The highest BCUT2D eigenvalue weighted by molar-refractivity contribution is 5.27. The van der Waals surface area contributed by atoms with Crippen LogP contribution in [0.3, 0.4) is 0 Å². The molecule has 0 amide bonds. The van der Waals surface area contributed by atoms with E-state index in [0.29, 0.717) is 13.2 Å². The maximum atomic E-state index is 13.1. The van der Waals surface area contributed by atoms with Gasteiger partial charge < -0.3 is 10.5 Å². The summed E-state index contributed by atoms with van der Waals surface area (Å²) < 4.78 is 18.6. The van der Waals surface area contributed by atoms with Gasteiger partial charge in [-0.15, -0.1) is 0 Å². The number of hydrogen-bond donors (Lipinski definition) is 1. The van der Waals surface area contributed by atoms with Gasteiger partial charge in [0.1, 0.15) is 5.82 Å². The van der Waals surface area contributed by atoms with Crippen LogP contribution in [0.5, 0.6) is 0 Å². The van der Waals surface area contributed by atoms with Crippen molar-refractivity contribution in [1.29, 1.82) is 0 Å². The maximum absolute atomic E-state index is 13.1. The summed E-state index contributed by atoms with van der Waals surface area (Å²) in [6.45, 7) is 3.80. The first-order valence-electron chi connectivity index (χ1n) is 6.33. The molecule has 1 rings (SSSR count). The van der Waals surface area contributed by atoms with Crippen molar-refractivity contribution in [2.45, 2.75) is 45.8 Å². The van der Waals surface area contributed by atoms with Gasteiger partial charge in [-0.05, 0) is 29.7 Å². The second-order valence-electron chi connectivity index (χ2n) is 4.23. The highest BCUT2D eigenvalue weighted by Crippen LogP contribution is 2.12. The minimum atomic E-state index is -0.230. The third-order valence-corrected chi connectivity index (χ3v) is 2.79. The Bertz CT molecular complexity index is 328. The summed E-state index contributed by atoms with van der Waals surface area (Å²) in [5.74, 6) is -0.230. The molecular weight excluding hydrogens is 217 g/mol. The molecule has 0 unspecified atom stereocenters. The van der Waals surface area contributed by atoms with E-state index in [0.717, 1.165) is 24.2 Å². The molecule has 0 heterocycles. The fraction of sp³-hybridized carbons (Fsp3) is 0.571. The molecule has 1 aromatic rings. The molecule has 0 aliphatic heterocycles. The molecule has 0 radical (unpaired) electrons. The predicted molar refractivity (Wildman–Crippen MR) is 68.1 cm³/mol. The number of ether oxygens (including phenoxy) is 1. The lowest BCUT2D eigenvalue weighted by atomic mass is 10.1. The van der Waals surface area contributed by atoms with Gasteiger partial charge >= 0.3 is 0 Å². The number of halogens is 1. The molecule has 0 aliphatic carbocycles. The third kappa shape index (κ3) is 5.29. The first kappa shape index (κ1) is 14.1. The molecule has 0 aliphatic rings. The average Bonchev–Trinajstić information content (AvgIpc) is 2.34. The van der Waals surface area contributed by atoms with Crippen LogP contribution >= 0.6 is 0 Å². The first-order valence-corrected chi connectivity index (χ1v) is 6.33. The molecule has 0 bridgehead atoms. The van der Waals surface area contributed by atoms with Crippen LogP contribution in [0.2, 0.25) is 0 Å². The fourth-order valence-corrected chi connectivity index (χ4v) is 1.74. The highest BCUT2D eigenvalue weighted by Gasteiger charge is 2.03. The van der Waals surface area contributed by atoms with Crippen molar-refractivity contribution < 1.29 is 9.13 Å². The minimum Gasteiger partial charge on any atom is -0.377 e. The molecule has 17 heavy (non-hydrogen) atoms. The molecule has 2 N–H and O–H groups in total. The van der Waals surface area contributed by atoms with Crippen molar-refractivity contribution in [3.63, 3.8) is 0 Å². The van der Waals surface area contributed by atoms with E-state index < -0.39 is 0 Å². The summed E-state index contributed by atoms with van der Waals surface area (Å²) in [7, 11) is 0. The lowest BCUT2D eigenvalue weighted by Crippen LogP contribution is -2.04. The molecule has 96 valence electrons. The summed E-state index contributed by atoms with van der Waals surface area (Å²) in [6, 6.07) is 4.67. The second-order valence-corrected chi connectivity index (χ2v) is 4.23. The zero-order valence-corrected chi connectivity index (χ0v) is 10.5. The second kappa shape index (κ2) is 8.20. The van der Waals surface area contributed by atoms with E-state index in [-0.39, 0.29) is 5.82 Å². The molecule has 0 fully saturated rings. The molecule has 0 atom stereocenters. The topological polar surface area (TPSA) is 35.2 Å². The Morgan fingerprint density at radius 2 is 2.00 bits per heavy atom. The van der Waals surface area contributed by atoms with Gasteiger partial charge in [0.05, 0.1) is 6.61 Å². The van der Waals surface area contributed by atoms with Crippen molar-refractivity contribution >= 4 is 0 Å². The van der Waals surface area contributed by atoms with Crippen LogP contribution in [0.25, 0.3) is 0 Å². The maximum Gasteiger partial charge on any atom is 0.123 e. The van der Waals surface area contributed by atoms with Gasteiger partial charge in [-0.3, -0.25) is 0 Å². The van der Waals surface area contributed by atoms with E-state index in [4.69, 9.17) is 10.5 Å². The van der Waals surface area contributed by atoms with E-state index in [1.165, 1.54) is 31.4 Å². The van der Waals surface area contributed by atoms with Gasteiger partial charge in [-0.1, -0.05) is 32.3 Å². The largest absolute Gasteiger partial charge is 0.377 e. The lowest BCUT2D eigenvalue weighted by Gasteiger charge is -2.09. The van der Waals surface area contributed by atoms with Crippen LogP contribution in [-0.2, 0) is 17.9 Å². The molecule has 1 aromatic carbocycles. The Morgan fingerprint density at radius 1 is 1.18 bits per heavy atom. The Morgan fingerprint density at radius 3 is 2.71 bits per heavy atom. The molecule has 0 spiro atoms. The molecule has 3 heteroatoms. The smallest absolute Gasteiger partial charge is 0.123 e. The summed E-state index contributed by atoms with van der Waals surface area (Å²) >= 11 is 0. The van der Waals surface area contributed by atoms with Gasteiger partial charge in [0, 0.05) is 13.2 Å². The molecular formula is C14H22FNO. The van der Waals surface area contributed by atoms with Gasteiger partial charge in [0.2, 0.25) is 0 Å². The monoisotopic (exact) mass is 239 g/mol. The van der Waals surface area contributed by atoms with Crippen LogP contribution in [0.4, 0.5) is 4.39 Å². The SMILES string of the molecule is CCCCCCOCc1cc(F)ccc1CN. The van der Waals surface area contributed by atoms with Crippen LogP contribution < -0.4 is 5.73 Å². The zero-order chi connectivity index (χ0) is 12.5. The predicted octanol–water partition coefficient (Wildman–Crippen LogP) is 3.38. The minimum absolute atomic E-state index is 0.230. The Labute approximate surface area is 103 Å². The van der Waals surface area contributed by atoms with E-state index in [1.54, 1.807) is 6.07 Å². The summed E-state index contributed by atoms with van der Waals surface area (Å²) in [6.07, 6.45) is 4.74. The van der Waals surface area contributed by atoms with E-state index in [2.05, 4.69) is 6.92 Å². The van der Waals surface area contributed by atoms with Crippen molar-refractivity contribution in [2.75, 3.05) is 6.61 Å². The van der Waals surface area contributed by atoms with Crippen molar-refractivity contribution in [2.24, 2.45) is 5.73 Å². The summed E-state index contributed by atoms with van der Waals surface area (Å²) in [4.78, 5) is 0. The Balaban J connectivity index is 2.32. The fourth-order valence-electron chi connectivity index (χ4n) is 1.74. The number of rotatable bonds is 8.